The fourth-order valence-electron chi connectivity index (χ4n) is 2.07. The molecule has 0 radical (unpaired) electrons. The Bertz CT molecular complexity index is 387. The van der Waals surface area contributed by atoms with E-state index in [0.717, 1.165) is 24.1 Å². The maximum absolute atomic E-state index is 5.43. The van der Waals surface area contributed by atoms with E-state index >= 15 is 0 Å². The van der Waals surface area contributed by atoms with Crippen LogP contribution in [0.4, 0.5) is 11.6 Å². The second-order valence-corrected chi connectivity index (χ2v) is 5.31. The second-order valence-electron chi connectivity index (χ2n) is 5.31. The van der Waals surface area contributed by atoms with Crippen LogP contribution in [0, 0.1) is 5.92 Å². The van der Waals surface area contributed by atoms with Crippen LogP contribution in [0.3, 0.4) is 0 Å². The first kappa shape index (κ1) is 13.1. The lowest BCUT2D eigenvalue weighted by molar-refractivity contribution is 0.303. The molecular weight excluding hydrogens is 226 g/mol. The standard InChI is InChI=1S/C13H23N5/c1-9(2)13-16-11(8-12(17-13)18-14)15-7-6-10-4-3-5-10/h8-10H,3-7,14H2,1-2H3,(H2,15,16,17,18). The van der Waals surface area contributed by atoms with Crippen molar-refractivity contribution in [3.63, 3.8) is 0 Å². The largest absolute Gasteiger partial charge is 0.370 e. The van der Waals surface area contributed by atoms with E-state index in [1.807, 2.05) is 6.07 Å². The number of rotatable bonds is 6. The molecule has 1 saturated carbocycles. The van der Waals surface area contributed by atoms with Crippen LogP contribution in [-0.2, 0) is 0 Å². The molecule has 0 bridgehead atoms. The highest BCUT2D eigenvalue weighted by atomic mass is 15.3. The SMILES string of the molecule is CC(C)c1nc(NN)cc(NCCC2CCC2)n1. The molecule has 0 atom stereocenters. The zero-order valence-electron chi connectivity index (χ0n) is 11.2. The third-order valence-electron chi connectivity index (χ3n) is 3.49. The molecular formula is C13H23N5. The van der Waals surface area contributed by atoms with Crippen LogP contribution in [0.2, 0.25) is 0 Å². The molecule has 1 aliphatic rings. The van der Waals surface area contributed by atoms with Crippen molar-refractivity contribution in [2.75, 3.05) is 17.3 Å². The average molecular weight is 249 g/mol. The molecule has 0 aliphatic heterocycles. The van der Waals surface area contributed by atoms with Crippen molar-refractivity contribution >= 4 is 11.6 Å². The van der Waals surface area contributed by atoms with Crippen molar-refractivity contribution in [3.8, 4) is 0 Å². The number of hydrogen-bond acceptors (Lipinski definition) is 5. The lowest BCUT2D eigenvalue weighted by Gasteiger charge is -2.25. The minimum absolute atomic E-state index is 0.297. The van der Waals surface area contributed by atoms with Gasteiger partial charge < -0.3 is 10.7 Å². The number of hydrogen-bond donors (Lipinski definition) is 3. The van der Waals surface area contributed by atoms with Gasteiger partial charge in [-0.25, -0.2) is 15.8 Å². The number of anilines is 2. The summed E-state index contributed by atoms with van der Waals surface area (Å²) in [4.78, 5) is 8.84. The van der Waals surface area contributed by atoms with Crippen molar-refractivity contribution in [3.05, 3.63) is 11.9 Å². The molecule has 1 aliphatic carbocycles. The quantitative estimate of drug-likeness (QED) is 0.533. The molecule has 1 heterocycles. The lowest BCUT2D eigenvalue weighted by Crippen LogP contribution is -2.17. The topological polar surface area (TPSA) is 75.9 Å². The van der Waals surface area contributed by atoms with Crippen LogP contribution in [0.25, 0.3) is 0 Å². The van der Waals surface area contributed by atoms with Gasteiger partial charge in [0, 0.05) is 18.5 Å². The fraction of sp³-hybridized carbons (Fsp3) is 0.692. The predicted octanol–water partition coefficient (Wildman–Crippen LogP) is 2.49. The van der Waals surface area contributed by atoms with Crippen LogP contribution >= 0.6 is 0 Å². The number of nitrogens with zero attached hydrogens (tertiary/aromatic N) is 2. The van der Waals surface area contributed by atoms with Crippen molar-refractivity contribution in [1.82, 2.24) is 9.97 Å². The van der Waals surface area contributed by atoms with Gasteiger partial charge in [-0.15, -0.1) is 0 Å². The average Bonchev–Trinajstić information content (AvgIpc) is 2.31. The van der Waals surface area contributed by atoms with E-state index in [0.29, 0.717) is 11.7 Å². The third-order valence-corrected chi connectivity index (χ3v) is 3.49. The zero-order valence-corrected chi connectivity index (χ0v) is 11.2. The molecule has 1 aromatic rings. The molecule has 5 nitrogen and oxygen atoms in total. The second kappa shape index (κ2) is 6.00. The van der Waals surface area contributed by atoms with Gasteiger partial charge in [0.2, 0.25) is 0 Å². The summed E-state index contributed by atoms with van der Waals surface area (Å²) in [5.74, 6) is 8.98. The summed E-state index contributed by atoms with van der Waals surface area (Å²) in [6.45, 7) is 5.13. The van der Waals surface area contributed by atoms with E-state index in [1.165, 1.54) is 25.7 Å². The number of aromatic nitrogens is 2. The predicted molar refractivity (Wildman–Crippen MR) is 74.4 cm³/mol. The molecule has 5 heteroatoms. The maximum atomic E-state index is 5.43. The van der Waals surface area contributed by atoms with Crippen LogP contribution in [0.5, 0.6) is 0 Å². The van der Waals surface area contributed by atoms with Gasteiger partial charge >= 0.3 is 0 Å². The van der Waals surface area contributed by atoms with E-state index in [2.05, 4.69) is 34.6 Å². The molecule has 0 aromatic carbocycles. The minimum atomic E-state index is 0.297. The van der Waals surface area contributed by atoms with Gasteiger partial charge in [-0.2, -0.15) is 0 Å². The Kier molecular flexibility index (Phi) is 4.36. The van der Waals surface area contributed by atoms with E-state index in [1.54, 1.807) is 0 Å². The van der Waals surface area contributed by atoms with Gasteiger partial charge in [0.05, 0.1) is 0 Å². The fourth-order valence-corrected chi connectivity index (χ4v) is 2.07. The third kappa shape index (κ3) is 3.32. The first-order chi connectivity index (χ1) is 8.69. The Balaban J connectivity index is 1.94. The Hall–Kier alpha value is -1.36. The molecule has 100 valence electrons. The van der Waals surface area contributed by atoms with Crippen LogP contribution < -0.4 is 16.6 Å². The van der Waals surface area contributed by atoms with Crippen LogP contribution in [0.15, 0.2) is 6.07 Å². The van der Waals surface area contributed by atoms with Crippen molar-refractivity contribution in [2.24, 2.45) is 11.8 Å². The molecule has 18 heavy (non-hydrogen) atoms. The molecule has 0 amide bonds. The molecule has 0 saturated heterocycles. The van der Waals surface area contributed by atoms with E-state index in [9.17, 15) is 0 Å². The smallest absolute Gasteiger partial charge is 0.145 e. The normalized spacial score (nSPS) is 15.6. The van der Waals surface area contributed by atoms with Gasteiger partial charge in [-0.3, -0.25) is 0 Å². The summed E-state index contributed by atoms with van der Waals surface area (Å²) in [6, 6.07) is 1.85. The van der Waals surface area contributed by atoms with Crippen molar-refractivity contribution < 1.29 is 0 Å². The van der Waals surface area contributed by atoms with Gasteiger partial charge in [-0.1, -0.05) is 33.1 Å². The Morgan fingerprint density at radius 3 is 2.61 bits per heavy atom. The molecule has 2 rings (SSSR count). The first-order valence-electron chi connectivity index (χ1n) is 6.78. The molecule has 0 spiro atoms. The summed E-state index contributed by atoms with van der Waals surface area (Å²) in [7, 11) is 0. The number of nitrogens with one attached hydrogen (secondary N) is 2. The maximum Gasteiger partial charge on any atom is 0.145 e. The zero-order chi connectivity index (χ0) is 13.0. The van der Waals surface area contributed by atoms with Crippen molar-refractivity contribution in [1.29, 1.82) is 0 Å². The minimum Gasteiger partial charge on any atom is -0.370 e. The Morgan fingerprint density at radius 1 is 1.33 bits per heavy atom. The number of nitrogens with two attached hydrogens (primary N) is 1. The van der Waals surface area contributed by atoms with Crippen LogP contribution in [-0.4, -0.2) is 16.5 Å². The lowest BCUT2D eigenvalue weighted by atomic mass is 9.83. The monoisotopic (exact) mass is 249 g/mol. The van der Waals surface area contributed by atoms with Gasteiger partial charge in [0.25, 0.3) is 0 Å². The Morgan fingerprint density at radius 2 is 2.06 bits per heavy atom. The van der Waals surface area contributed by atoms with Gasteiger partial charge in [0.1, 0.15) is 17.5 Å². The molecule has 0 unspecified atom stereocenters. The van der Waals surface area contributed by atoms with E-state index in [-0.39, 0.29) is 0 Å². The summed E-state index contributed by atoms with van der Waals surface area (Å²) >= 11 is 0. The summed E-state index contributed by atoms with van der Waals surface area (Å²) in [6.07, 6.45) is 5.40. The summed E-state index contributed by atoms with van der Waals surface area (Å²) in [5, 5.41) is 3.37. The molecule has 1 aromatic heterocycles. The van der Waals surface area contributed by atoms with Gasteiger partial charge in [0.15, 0.2) is 0 Å². The summed E-state index contributed by atoms with van der Waals surface area (Å²) < 4.78 is 0. The highest BCUT2D eigenvalue weighted by Crippen LogP contribution is 2.29. The number of hydrazine groups is 1. The Labute approximate surface area is 109 Å². The van der Waals surface area contributed by atoms with E-state index in [4.69, 9.17) is 5.84 Å². The number of nitrogen functional groups attached to an aromatic ring is 1. The van der Waals surface area contributed by atoms with Crippen molar-refractivity contribution in [2.45, 2.75) is 45.4 Å². The summed E-state index contributed by atoms with van der Waals surface area (Å²) in [5.41, 5.74) is 2.59. The first-order valence-corrected chi connectivity index (χ1v) is 6.78. The highest BCUT2D eigenvalue weighted by Gasteiger charge is 2.16. The highest BCUT2D eigenvalue weighted by molar-refractivity contribution is 5.47. The molecule has 4 N–H and O–H groups in total. The van der Waals surface area contributed by atoms with E-state index < -0.39 is 0 Å². The van der Waals surface area contributed by atoms with Gasteiger partial charge in [-0.05, 0) is 12.3 Å². The van der Waals surface area contributed by atoms with Crippen LogP contribution in [0.1, 0.15) is 51.3 Å². The molecule has 1 fully saturated rings.